The first-order valence-electron chi connectivity index (χ1n) is 12.1. The molecule has 36 heavy (non-hydrogen) atoms. The largest absolute Gasteiger partial charge is 0.508 e. The quantitative estimate of drug-likeness (QED) is 0.352. The lowest BCUT2D eigenvalue weighted by atomic mass is 10.0. The van der Waals surface area contributed by atoms with E-state index in [9.17, 15) is 9.90 Å². The number of aromatic hydroxyl groups is 1. The molecule has 0 bridgehead atoms. The molecule has 3 aromatic carbocycles. The van der Waals surface area contributed by atoms with Gasteiger partial charge in [0.15, 0.2) is 0 Å². The topological polar surface area (TPSA) is 94.2 Å². The predicted molar refractivity (Wildman–Crippen MR) is 141 cm³/mol. The van der Waals surface area contributed by atoms with Crippen LogP contribution in [0.4, 0.5) is 0 Å². The minimum Gasteiger partial charge on any atom is -0.508 e. The average Bonchev–Trinajstić information content (AvgIpc) is 2.87. The number of nitrogens with zero attached hydrogens (tertiary/aromatic N) is 1. The summed E-state index contributed by atoms with van der Waals surface area (Å²) in [6.45, 7) is 0.723. The highest BCUT2D eigenvalue weighted by atomic mass is 16.6. The number of methoxy groups -OCH3 is 1. The van der Waals surface area contributed by atoms with Gasteiger partial charge >= 0.3 is 5.97 Å². The molecule has 0 aliphatic heterocycles. The molecule has 2 atom stereocenters. The third kappa shape index (κ3) is 8.59. The van der Waals surface area contributed by atoms with Crippen molar-refractivity contribution in [3.63, 3.8) is 0 Å². The number of esters is 1. The van der Waals surface area contributed by atoms with Crippen LogP contribution in [-0.4, -0.2) is 62.5 Å². The molecule has 7 nitrogen and oxygen atoms in total. The molecule has 0 radical (unpaired) electrons. The van der Waals surface area contributed by atoms with E-state index in [1.54, 1.807) is 31.4 Å². The van der Waals surface area contributed by atoms with Gasteiger partial charge in [-0.2, -0.15) is 0 Å². The van der Waals surface area contributed by atoms with E-state index in [2.05, 4.69) is 18.2 Å². The van der Waals surface area contributed by atoms with Crippen LogP contribution >= 0.6 is 0 Å². The molecule has 0 saturated heterocycles. The van der Waals surface area contributed by atoms with E-state index in [0.717, 1.165) is 35.5 Å². The summed E-state index contributed by atoms with van der Waals surface area (Å²) in [4.78, 5) is 14.7. The molecule has 3 aromatic rings. The van der Waals surface area contributed by atoms with Crippen LogP contribution in [0.3, 0.4) is 0 Å². The van der Waals surface area contributed by atoms with Crippen molar-refractivity contribution in [2.24, 2.45) is 5.73 Å². The second kappa shape index (κ2) is 13.5. The summed E-state index contributed by atoms with van der Waals surface area (Å²) < 4.78 is 17.1. The van der Waals surface area contributed by atoms with Gasteiger partial charge in [-0.1, -0.05) is 42.5 Å². The standard InChI is InChI=1S/C29H36N2O5/c1-31(2)19-26(36-29(33)27(30)18-22-9-14-24(32)15-10-22)20-35-28-7-5-4-6-23(28)13-8-21-11-16-25(34-3)17-12-21/h4-7,9-12,14-17,26-27,32H,8,13,18-20,30H2,1-3H3/t26-,27+/m0/s1. The Hall–Kier alpha value is -3.55. The number of aryl methyl sites for hydroxylation is 2. The summed E-state index contributed by atoms with van der Waals surface area (Å²) in [5, 5.41) is 9.44. The number of rotatable bonds is 13. The fourth-order valence-corrected chi connectivity index (χ4v) is 3.86. The van der Waals surface area contributed by atoms with Gasteiger partial charge in [-0.3, -0.25) is 4.79 Å². The SMILES string of the molecule is COc1ccc(CCc2ccccc2OC[C@H](CN(C)C)OC(=O)[C@H](N)Cc2ccc(O)cc2)cc1. The zero-order valence-electron chi connectivity index (χ0n) is 21.2. The first-order valence-corrected chi connectivity index (χ1v) is 12.1. The number of likely N-dealkylation sites (N-methyl/N-ethyl adjacent to an activating group) is 1. The first-order chi connectivity index (χ1) is 17.3. The smallest absolute Gasteiger partial charge is 0.323 e. The highest BCUT2D eigenvalue weighted by Gasteiger charge is 2.22. The van der Waals surface area contributed by atoms with Crippen molar-refractivity contribution in [1.29, 1.82) is 0 Å². The number of benzene rings is 3. The minimum absolute atomic E-state index is 0.169. The van der Waals surface area contributed by atoms with Crippen molar-refractivity contribution in [2.75, 3.05) is 34.4 Å². The second-order valence-corrected chi connectivity index (χ2v) is 9.07. The Morgan fingerprint density at radius 3 is 2.28 bits per heavy atom. The van der Waals surface area contributed by atoms with E-state index in [1.807, 2.05) is 49.3 Å². The Bertz CT molecular complexity index is 1080. The van der Waals surface area contributed by atoms with Gasteiger partial charge in [0.1, 0.15) is 36.0 Å². The van der Waals surface area contributed by atoms with E-state index in [-0.39, 0.29) is 12.4 Å². The van der Waals surface area contributed by atoms with Gasteiger partial charge in [0.05, 0.1) is 7.11 Å². The molecule has 7 heteroatoms. The lowest BCUT2D eigenvalue weighted by Gasteiger charge is -2.24. The third-order valence-electron chi connectivity index (χ3n) is 5.79. The third-order valence-corrected chi connectivity index (χ3v) is 5.79. The molecule has 0 spiro atoms. The normalized spacial score (nSPS) is 12.7. The zero-order valence-corrected chi connectivity index (χ0v) is 21.2. The molecular formula is C29H36N2O5. The van der Waals surface area contributed by atoms with Gasteiger partial charge in [0, 0.05) is 6.54 Å². The number of hydrogen-bond acceptors (Lipinski definition) is 7. The maximum Gasteiger partial charge on any atom is 0.323 e. The van der Waals surface area contributed by atoms with Crippen LogP contribution in [0.2, 0.25) is 0 Å². The lowest BCUT2D eigenvalue weighted by molar-refractivity contribution is -0.152. The second-order valence-electron chi connectivity index (χ2n) is 9.07. The van der Waals surface area contributed by atoms with Gasteiger partial charge in [0.2, 0.25) is 0 Å². The lowest BCUT2D eigenvalue weighted by Crippen LogP contribution is -2.41. The van der Waals surface area contributed by atoms with E-state index < -0.39 is 18.1 Å². The molecule has 0 aliphatic rings. The Labute approximate surface area is 213 Å². The number of para-hydroxylation sites is 1. The van der Waals surface area contributed by atoms with Crippen molar-refractivity contribution in [3.8, 4) is 17.2 Å². The number of hydrogen-bond donors (Lipinski definition) is 2. The number of carbonyl (C=O) groups excluding carboxylic acids is 1. The summed E-state index contributed by atoms with van der Waals surface area (Å²) in [6.07, 6.45) is 1.53. The van der Waals surface area contributed by atoms with Gasteiger partial charge in [-0.25, -0.2) is 0 Å². The summed E-state index contributed by atoms with van der Waals surface area (Å²) in [7, 11) is 5.49. The fraction of sp³-hybridized carbons (Fsp3) is 0.345. The van der Waals surface area contributed by atoms with E-state index in [4.69, 9.17) is 19.9 Å². The van der Waals surface area contributed by atoms with Crippen LogP contribution in [-0.2, 0) is 28.8 Å². The van der Waals surface area contributed by atoms with Crippen molar-refractivity contribution >= 4 is 5.97 Å². The fourth-order valence-electron chi connectivity index (χ4n) is 3.86. The van der Waals surface area contributed by atoms with Crippen molar-refractivity contribution in [3.05, 3.63) is 89.5 Å². The predicted octanol–water partition coefficient (Wildman–Crippen LogP) is 3.61. The maximum atomic E-state index is 12.7. The maximum absolute atomic E-state index is 12.7. The molecule has 0 saturated carbocycles. The highest BCUT2D eigenvalue weighted by molar-refractivity contribution is 5.76. The van der Waals surface area contributed by atoms with Crippen molar-refractivity contribution in [1.82, 2.24) is 4.90 Å². The summed E-state index contributed by atoms with van der Waals surface area (Å²) in [5.74, 6) is 1.31. The number of phenols is 1. The number of phenolic OH excluding ortho intramolecular Hbond substituents is 1. The average molecular weight is 493 g/mol. The van der Waals surface area contributed by atoms with Gasteiger partial charge in [-0.15, -0.1) is 0 Å². The summed E-state index contributed by atoms with van der Waals surface area (Å²) in [5.41, 5.74) is 9.27. The molecule has 0 aromatic heterocycles. The molecule has 192 valence electrons. The Morgan fingerprint density at radius 2 is 1.61 bits per heavy atom. The molecule has 0 fully saturated rings. The Morgan fingerprint density at radius 1 is 0.944 bits per heavy atom. The molecule has 0 aliphatic carbocycles. The van der Waals surface area contributed by atoms with Crippen molar-refractivity contribution in [2.45, 2.75) is 31.4 Å². The molecule has 3 N–H and O–H groups in total. The number of ether oxygens (including phenoxy) is 3. The molecule has 0 unspecified atom stereocenters. The molecule has 3 rings (SSSR count). The Kier molecular flexibility index (Phi) is 10.2. The highest BCUT2D eigenvalue weighted by Crippen LogP contribution is 2.22. The monoisotopic (exact) mass is 492 g/mol. The Balaban J connectivity index is 1.58. The van der Waals surface area contributed by atoms with E-state index >= 15 is 0 Å². The number of carbonyl (C=O) groups is 1. The first kappa shape index (κ1) is 27.0. The number of nitrogens with two attached hydrogens (primary N) is 1. The summed E-state index contributed by atoms with van der Waals surface area (Å²) >= 11 is 0. The molecule has 0 amide bonds. The van der Waals surface area contributed by atoms with Crippen LogP contribution in [0.1, 0.15) is 16.7 Å². The summed E-state index contributed by atoms with van der Waals surface area (Å²) in [6, 6.07) is 21.8. The van der Waals surface area contributed by atoms with Crippen molar-refractivity contribution < 1.29 is 24.1 Å². The van der Waals surface area contributed by atoms with Crippen LogP contribution < -0.4 is 15.2 Å². The van der Waals surface area contributed by atoms with E-state index in [0.29, 0.717) is 13.0 Å². The van der Waals surface area contributed by atoms with Gasteiger partial charge < -0.3 is 30.0 Å². The minimum atomic E-state index is -0.809. The molecule has 0 heterocycles. The van der Waals surface area contributed by atoms with Crippen LogP contribution in [0.25, 0.3) is 0 Å². The van der Waals surface area contributed by atoms with Crippen LogP contribution in [0.15, 0.2) is 72.8 Å². The van der Waals surface area contributed by atoms with E-state index in [1.165, 1.54) is 5.56 Å². The molecular weight excluding hydrogens is 456 g/mol. The van der Waals surface area contributed by atoms with Crippen LogP contribution in [0, 0.1) is 0 Å². The van der Waals surface area contributed by atoms with Gasteiger partial charge in [0.25, 0.3) is 0 Å². The zero-order chi connectivity index (χ0) is 25.9. The van der Waals surface area contributed by atoms with Crippen LogP contribution in [0.5, 0.6) is 17.2 Å². The van der Waals surface area contributed by atoms with Gasteiger partial charge in [-0.05, 0) is 80.4 Å².